The van der Waals surface area contributed by atoms with E-state index in [4.69, 9.17) is 15.9 Å². The molecule has 3 nitrogen and oxygen atoms in total. The second-order valence-electron chi connectivity index (χ2n) is 4.14. The van der Waals surface area contributed by atoms with E-state index in [0.717, 1.165) is 16.5 Å². The highest BCUT2D eigenvalue weighted by molar-refractivity contribution is 5.88. The molecule has 0 aliphatic carbocycles. The van der Waals surface area contributed by atoms with Gasteiger partial charge in [-0.05, 0) is 11.5 Å². The van der Waals surface area contributed by atoms with Gasteiger partial charge in [0.05, 0.1) is 12.4 Å². The SMILES string of the molecule is CC(COc1cccc2ccccc12)C(=N)N. The Morgan fingerprint density at radius 3 is 2.71 bits per heavy atom. The summed E-state index contributed by atoms with van der Waals surface area (Å²) >= 11 is 0. The number of amidine groups is 1. The molecule has 0 bridgehead atoms. The Bertz CT molecular complexity index is 531. The Morgan fingerprint density at radius 1 is 1.24 bits per heavy atom. The first kappa shape index (κ1) is 11.5. The van der Waals surface area contributed by atoms with Crippen LogP contribution in [0.1, 0.15) is 6.92 Å². The average molecular weight is 228 g/mol. The number of hydrogen-bond donors (Lipinski definition) is 2. The fourth-order valence-electron chi connectivity index (χ4n) is 1.63. The highest BCUT2D eigenvalue weighted by Gasteiger charge is 2.07. The standard InChI is InChI=1S/C14H16N2O/c1-10(14(15)16)9-17-13-8-4-6-11-5-2-3-7-12(11)13/h2-8,10H,9H2,1H3,(H3,15,16). The van der Waals surface area contributed by atoms with Gasteiger partial charge in [0.25, 0.3) is 0 Å². The minimum Gasteiger partial charge on any atom is -0.492 e. The van der Waals surface area contributed by atoms with E-state index in [1.54, 1.807) is 0 Å². The van der Waals surface area contributed by atoms with Gasteiger partial charge in [-0.2, -0.15) is 0 Å². The summed E-state index contributed by atoms with van der Waals surface area (Å²) in [5.41, 5.74) is 5.42. The van der Waals surface area contributed by atoms with Gasteiger partial charge in [-0.1, -0.05) is 43.3 Å². The van der Waals surface area contributed by atoms with Crippen LogP contribution in [0.3, 0.4) is 0 Å². The van der Waals surface area contributed by atoms with Crippen molar-refractivity contribution in [1.82, 2.24) is 0 Å². The number of rotatable bonds is 4. The lowest BCUT2D eigenvalue weighted by Gasteiger charge is -2.13. The normalized spacial score (nSPS) is 12.3. The summed E-state index contributed by atoms with van der Waals surface area (Å²) in [4.78, 5) is 0. The van der Waals surface area contributed by atoms with Gasteiger partial charge in [0.2, 0.25) is 0 Å². The molecule has 0 radical (unpaired) electrons. The number of benzene rings is 2. The summed E-state index contributed by atoms with van der Waals surface area (Å²) in [6, 6.07) is 14.0. The van der Waals surface area contributed by atoms with Crippen LogP contribution in [0.25, 0.3) is 10.8 Å². The molecule has 1 atom stereocenters. The third-order valence-electron chi connectivity index (χ3n) is 2.77. The Hall–Kier alpha value is -2.03. The van der Waals surface area contributed by atoms with Crippen LogP contribution in [0.2, 0.25) is 0 Å². The summed E-state index contributed by atoms with van der Waals surface area (Å²) in [6.45, 7) is 2.32. The molecule has 0 saturated heterocycles. The van der Waals surface area contributed by atoms with Crippen molar-refractivity contribution in [2.75, 3.05) is 6.61 Å². The van der Waals surface area contributed by atoms with Gasteiger partial charge in [0.15, 0.2) is 0 Å². The van der Waals surface area contributed by atoms with Crippen LogP contribution < -0.4 is 10.5 Å². The third kappa shape index (κ3) is 2.56. The second-order valence-corrected chi connectivity index (χ2v) is 4.14. The first-order valence-corrected chi connectivity index (χ1v) is 5.63. The maximum Gasteiger partial charge on any atom is 0.127 e. The molecule has 3 N–H and O–H groups in total. The number of ether oxygens (including phenoxy) is 1. The molecular weight excluding hydrogens is 212 g/mol. The van der Waals surface area contributed by atoms with Crippen LogP contribution in [0.15, 0.2) is 42.5 Å². The fourth-order valence-corrected chi connectivity index (χ4v) is 1.63. The molecule has 1 unspecified atom stereocenters. The number of nitrogens with one attached hydrogen (secondary N) is 1. The minimum absolute atomic E-state index is 0.0611. The largest absolute Gasteiger partial charge is 0.492 e. The first-order valence-electron chi connectivity index (χ1n) is 5.63. The maximum absolute atomic E-state index is 7.33. The Morgan fingerprint density at radius 2 is 1.94 bits per heavy atom. The highest BCUT2D eigenvalue weighted by Crippen LogP contribution is 2.25. The molecule has 2 aromatic rings. The summed E-state index contributed by atoms with van der Waals surface area (Å²) in [5, 5.41) is 9.57. The van der Waals surface area contributed by atoms with Gasteiger partial charge in [0, 0.05) is 11.3 Å². The van der Waals surface area contributed by atoms with Crippen LogP contribution in [0.4, 0.5) is 0 Å². The van der Waals surface area contributed by atoms with Gasteiger partial charge in [-0.25, -0.2) is 0 Å². The van der Waals surface area contributed by atoms with E-state index < -0.39 is 0 Å². The lowest BCUT2D eigenvalue weighted by Crippen LogP contribution is -2.25. The number of hydrogen-bond acceptors (Lipinski definition) is 2. The van der Waals surface area contributed by atoms with Crippen LogP contribution in [0, 0.1) is 11.3 Å². The topological polar surface area (TPSA) is 59.1 Å². The van der Waals surface area contributed by atoms with Crippen molar-refractivity contribution < 1.29 is 4.74 Å². The van der Waals surface area contributed by atoms with Gasteiger partial charge in [-0.15, -0.1) is 0 Å². The van der Waals surface area contributed by atoms with Crippen molar-refractivity contribution in [3.63, 3.8) is 0 Å². The van der Waals surface area contributed by atoms with Crippen molar-refractivity contribution in [3.05, 3.63) is 42.5 Å². The van der Waals surface area contributed by atoms with Crippen LogP contribution in [-0.4, -0.2) is 12.4 Å². The molecule has 17 heavy (non-hydrogen) atoms. The van der Waals surface area contributed by atoms with Crippen LogP contribution >= 0.6 is 0 Å². The molecule has 0 heterocycles. The highest BCUT2D eigenvalue weighted by atomic mass is 16.5. The van der Waals surface area contributed by atoms with Crippen molar-refractivity contribution in [2.24, 2.45) is 11.7 Å². The molecular formula is C14H16N2O. The number of fused-ring (bicyclic) bond motifs is 1. The molecule has 3 heteroatoms. The van der Waals surface area contributed by atoms with E-state index in [1.165, 1.54) is 0 Å². The van der Waals surface area contributed by atoms with Crippen molar-refractivity contribution in [1.29, 1.82) is 5.41 Å². The molecule has 0 aliphatic heterocycles. The lowest BCUT2D eigenvalue weighted by molar-refractivity contribution is 0.295. The van der Waals surface area contributed by atoms with Crippen LogP contribution in [-0.2, 0) is 0 Å². The summed E-state index contributed by atoms with van der Waals surface area (Å²) in [5.74, 6) is 0.940. The van der Waals surface area contributed by atoms with E-state index in [2.05, 4.69) is 12.1 Å². The smallest absolute Gasteiger partial charge is 0.127 e. The second kappa shape index (κ2) is 4.87. The van der Waals surface area contributed by atoms with E-state index in [1.807, 2.05) is 37.3 Å². The van der Waals surface area contributed by atoms with Crippen molar-refractivity contribution in [2.45, 2.75) is 6.92 Å². The molecule has 0 aliphatic rings. The lowest BCUT2D eigenvalue weighted by atomic mass is 10.1. The Balaban J connectivity index is 2.21. The zero-order chi connectivity index (χ0) is 12.3. The monoisotopic (exact) mass is 228 g/mol. The van der Waals surface area contributed by atoms with Gasteiger partial charge < -0.3 is 10.5 Å². The molecule has 2 rings (SSSR count). The van der Waals surface area contributed by atoms with Crippen molar-refractivity contribution in [3.8, 4) is 5.75 Å². The molecule has 0 aromatic heterocycles. The first-order chi connectivity index (χ1) is 8.18. The number of nitrogens with two attached hydrogens (primary N) is 1. The predicted molar refractivity (Wildman–Crippen MR) is 70.5 cm³/mol. The maximum atomic E-state index is 7.33. The predicted octanol–water partition coefficient (Wildman–Crippen LogP) is 2.79. The van der Waals surface area contributed by atoms with E-state index in [-0.39, 0.29) is 11.8 Å². The molecule has 88 valence electrons. The molecule has 2 aromatic carbocycles. The third-order valence-corrected chi connectivity index (χ3v) is 2.77. The average Bonchev–Trinajstić information content (AvgIpc) is 2.35. The van der Waals surface area contributed by atoms with Crippen molar-refractivity contribution >= 4 is 16.6 Å². The van der Waals surface area contributed by atoms with Gasteiger partial charge >= 0.3 is 0 Å². The minimum atomic E-state index is -0.0611. The zero-order valence-electron chi connectivity index (χ0n) is 9.81. The Labute approximate surface area is 101 Å². The fraction of sp³-hybridized carbons (Fsp3) is 0.214. The van der Waals surface area contributed by atoms with Gasteiger partial charge in [-0.3, -0.25) is 5.41 Å². The van der Waals surface area contributed by atoms with E-state index in [9.17, 15) is 0 Å². The molecule has 0 saturated carbocycles. The van der Waals surface area contributed by atoms with Crippen LogP contribution in [0.5, 0.6) is 5.75 Å². The van der Waals surface area contributed by atoms with Gasteiger partial charge in [0.1, 0.15) is 5.75 Å². The summed E-state index contributed by atoms with van der Waals surface area (Å²) in [7, 11) is 0. The molecule has 0 amide bonds. The quantitative estimate of drug-likeness (QED) is 0.624. The Kier molecular flexibility index (Phi) is 3.28. The van der Waals surface area contributed by atoms with E-state index in [0.29, 0.717) is 6.61 Å². The van der Waals surface area contributed by atoms with E-state index >= 15 is 0 Å². The molecule has 0 fully saturated rings. The zero-order valence-corrected chi connectivity index (χ0v) is 9.81. The molecule has 0 spiro atoms. The summed E-state index contributed by atoms with van der Waals surface area (Å²) in [6.07, 6.45) is 0. The summed E-state index contributed by atoms with van der Waals surface area (Å²) < 4.78 is 5.72.